The largest absolute Gasteiger partial charge is 0.378 e. The van der Waals surface area contributed by atoms with Gasteiger partial charge in [-0.05, 0) is 13.0 Å². The van der Waals surface area contributed by atoms with Crippen molar-refractivity contribution >= 4 is 5.91 Å². The number of hydrogen-bond acceptors (Lipinski definition) is 3. The molecule has 0 radical (unpaired) electrons. The second kappa shape index (κ2) is 9.34. The molecule has 1 heterocycles. The quantitative estimate of drug-likeness (QED) is 0.673. The van der Waals surface area contributed by atoms with Gasteiger partial charge >= 0.3 is 0 Å². The summed E-state index contributed by atoms with van der Waals surface area (Å²) in [4.78, 5) is 14.3. The zero-order valence-corrected chi connectivity index (χ0v) is 11.9. The number of ether oxygens (including phenoxy) is 1. The summed E-state index contributed by atoms with van der Waals surface area (Å²) < 4.78 is 5.29. The predicted molar refractivity (Wildman–Crippen MR) is 73.6 cm³/mol. The highest BCUT2D eigenvalue weighted by molar-refractivity contribution is 5.82. The molecule has 0 aromatic rings. The molecule has 1 aliphatic rings. The zero-order valence-electron chi connectivity index (χ0n) is 11.9. The number of amides is 1. The molecule has 1 amide bonds. The third kappa shape index (κ3) is 5.36. The van der Waals surface area contributed by atoms with Crippen molar-refractivity contribution in [2.45, 2.75) is 52.0 Å². The summed E-state index contributed by atoms with van der Waals surface area (Å²) in [5.41, 5.74) is 0. The van der Waals surface area contributed by atoms with Gasteiger partial charge in [0.25, 0.3) is 0 Å². The Morgan fingerprint density at radius 3 is 2.56 bits per heavy atom. The molecular weight excluding hydrogens is 228 g/mol. The second-order valence-corrected chi connectivity index (χ2v) is 4.90. The standard InChI is InChI=1S/C14H28N2O2/c1-3-5-6-7-8-13(15-4-2)14(17)16-9-11-18-12-10-16/h13,15H,3-12H2,1-2H3. The zero-order chi connectivity index (χ0) is 13.2. The van der Waals surface area contributed by atoms with Crippen molar-refractivity contribution in [2.75, 3.05) is 32.8 Å². The number of carbonyl (C=O) groups excluding carboxylic acids is 1. The summed E-state index contributed by atoms with van der Waals surface area (Å²) in [6.07, 6.45) is 5.84. The van der Waals surface area contributed by atoms with Gasteiger partial charge in [0.15, 0.2) is 0 Å². The molecule has 0 aromatic heterocycles. The Labute approximate surface area is 111 Å². The van der Waals surface area contributed by atoms with Crippen LogP contribution in [0.5, 0.6) is 0 Å². The lowest BCUT2D eigenvalue weighted by atomic mass is 10.1. The van der Waals surface area contributed by atoms with E-state index >= 15 is 0 Å². The maximum atomic E-state index is 12.4. The van der Waals surface area contributed by atoms with Gasteiger partial charge in [-0.15, -0.1) is 0 Å². The van der Waals surface area contributed by atoms with Gasteiger partial charge in [-0.3, -0.25) is 4.79 Å². The van der Waals surface area contributed by atoms with Gasteiger partial charge in [-0.2, -0.15) is 0 Å². The molecule has 106 valence electrons. The molecule has 1 atom stereocenters. The Bertz CT molecular complexity index is 228. The van der Waals surface area contributed by atoms with E-state index in [1.165, 1.54) is 19.3 Å². The van der Waals surface area contributed by atoms with Gasteiger partial charge in [0, 0.05) is 13.1 Å². The summed E-state index contributed by atoms with van der Waals surface area (Å²) in [6, 6.07) is 0.00459. The fourth-order valence-electron chi connectivity index (χ4n) is 2.34. The smallest absolute Gasteiger partial charge is 0.239 e. The van der Waals surface area contributed by atoms with Gasteiger partial charge in [0.2, 0.25) is 5.91 Å². The Morgan fingerprint density at radius 1 is 1.22 bits per heavy atom. The van der Waals surface area contributed by atoms with E-state index in [2.05, 4.69) is 19.2 Å². The molecule has 0 aromatic carbocycles. The van der Waals surface area contributed by atoms with E-state index in [9.17, 15) is 4.79 Å². The van der Waals surface area contributed by atoms with Crippen molar-refractivity contribution in [2.24, 2.45) is 0 Å². The minimum absolute atomic E-state index is 0.00459. The normalized spacial score (nSPS) is 17.8. The molecule has 0 saturated carbocycles. The average Bonchev–Trinajstić information content (AvgIpc) is 2.42. The number of likely N-dealkylation sites (N-methyl/N-ethyl adjacent to an activating group) is 1. The summed E-state index contributed by atoms with van der Waals surface area (Å²) in [5.74, 6) is 0.261. The number of unbranched alkanes of at least 4 members (excludes halogenated alkanes) is 3. The minimum atomic E-state index is 0.00459. The first-order valence-corrected chi connectivity index (χ1v) is 7.39. The van der Waals surface area contributed by atoms with Gasteiger partial charge < -0.3 is 15.0 Å². The maximum Gasteiger partial charge on any atom is 0.239 e. The Balaban J connectivity index is 2.35. The Kier molecular flexibility index (Phi) is 8.01. The van der Waals surface area contributed by atoms with Crippen molar-refractivity contribution in [1.82, 2.24) is 10.2 Å². The fourth-order valence-corrected chi connectivity index (χ4v) is 2.34. The highest BCUT2D eigenvalue weighted by Crippen LogP contribution is 2.09. The van der Waals surface area contributed by atoms with Crippen LogP contribution >= 0.6 is 0 Å². The van der Waals surface area contributed by atoms with Gasteiger partial charge in [-0.1, -0.05) is 39.5 Å². The lowest BCUT2D eigenvalue weighted by molar-refractivity contribution is -0.137. The van der Waals surface area contributed by atoms with Gasteiger partial charge in [-0.25, -0.2) is 0 Å². The summed E-state index contributed by atoms with van der Waals surface area (Å²) in [6.45, 7) is 7.98. The SMILES string of the molecule is CCCCCCC(NCC)C(=O)N1CCOCC1. The minimum Gasteiger partial charge on any atom is -0.378 e. The molecule has 1 saturated heterocycles. The second-order valence-electron chi connectivity index (χ2n) is 4.90. The molecule has 1 N–H and O–H groups in total. The van der Waals surface area contributed by atoms with Crippen LogP contribution in [-0.4, -0.2) is 49.7 Å². The molecule has 0 spiro atoms. The van der Waals surface area contributed by atoms with Gasteiger partial charge in [0.1, 0.15) is 0 Å². The first-order valence-electron chi connectivity index (χ1n) is 7.39. The van der Waals surface area contributed by atoms with Crippen LogP contribution < -0.4 is 5.32 Å². The number of hydrogen-bond donors (Lipinski definition) is 1. The maximum absolute atomic E-state index is 12.4. The highest BCUT2D eigenvalue weighted by atomic mass is 16.5. The van der Waals surface area contributed by atoms with Crippen molar-refractivity contribution < 1.29 is 9.53 Å². The summed E-state index contributed by atoms with van der Waals surface area (Å²) in [7, 11) is 0. The van der Waals surface area contributed by atoms with E-state index in [-0.39, 0.29) is 11.9 Å². The lowest BCUT2D eigenvalue weighted by Crippen LogP contribution is -2.50. The van der Waals surface area contributed by atoms with Crippen LogP contribution in [0.4, 0.5) is 0 Å². The first-order chi connectivity index (χ1) is 8.79. The fraction of sp³-hybridized carbons (Fsp3) is 0.929. The number of nitrogens with zero attached hydrogens (tertiary/aromatic N) is 1. The van der Waals surface area contributed by atoms with Crippen LogP contribution in [0.25, 0.3) is 0 Å². The number of carbonyl (C=O) groups is 1. The van der Waals surface area contributed by atoms with Crippen molar-refractivity contribution in [3.8, 4) is 0 Å². The van der Waals surface area contributed by atoms with Crippen LogP contribution in [0.15, 0.2) is 0 Å². The molecular formula is C14H28N2O2. The number of rotatable bonds is 8. The molecule has 4 heteroatoms. The molecule has 1 unspecified atom stereocenters. The van der Waals surface area contributed by atoms with Crippen molar-refractivity contribution in [3.05, 3.63) is 0 Å². The third-order valence-electron chi connectivity index (χ3n) is 3.42. The molecule has 1 fully saturated rings. The Morgan fingerprint density at radius 2 is 1.94 bits per heavy atom. The number of morpholine rings is 1. The Hall–Kier alpha value is -0.610. The van der Waals surface area contributed by atoms with E-state index in [0.29, 0.717) is 13.2 Å². The average molecular weight is 256 g/mol. The first kappa shape index (κ1) is 15.4. The molecule has 1 rings (SSSR count). The van der Waals surface area contributed by atoms with Crippen LogP contribution in [0.1, 0.15) is 46.0 Å². The molecule has 1 aliphatic heterocycles. The molecule has 18 heavy (non-hydrogen) atoms. The van der Waals surface area contributed by atoms with Crippen molar-refractivity contribution in [1.29, 1.82) is 0 Å². The lowest BCUT2D eigenvalue weighted by Gasteiger charge is -2.30. The highest BCUT2D eigenvalue weighted by Gasteiger charge is 2.24. The third-order valence-corrected chi connectivity index (χ3v) is 3.42. The molecule has 4 nitrogen and oxygen atoms in total. The number of nitrogens with one attached hydrogen (secondary N) is 1. The van der Waals surface area contributed by atoms with E-state index in [1.54, 1.807) is 0 Å². The topological polar surface area (TPSA) is 41.6 Å². The monoisotopic (exact) mass is 256 g/mol. The van der Waals surface area contributed by atoms with Crippen LogP contribution in [0.2, 0.25) is 0 Å². The van der Waals surface area contributed by atoms with Gasteiger partial charge in [0.05, 0.1) is 19.3 Å². The summed E-state index contributed by atoms with van der Waals surface area (Å²) in [5, 5.41) is 3.32. The predicted octanol–water partition coefficient (Wildman–Crippen LogP) is 1.79. The van der Waals surface area contributed by atoms with E-state index in [0.717, 1.165) is 32.5 Å². The summed E-state index contributed by atoms with van der Waals surface area (Å²) >= 11 is 0. The molecule has 0 aliphatic carbocycles. The van der Waals surface area contributed by atoms with Crippen LogP contribution in [0, 0.1) is 0 Å². The van der Waals surface area contributed by atoms with Crippen molar-refractivity contribution in [3.63, 3.8) is 0 Å². The molecule has 0 bridgehead atoms. The van der Waals surface area contributed by atoms with E-state index in [1.807, 2.05) is 4.90 Å². The van der Waals surface area contributed by atoms with E-state index in [4.69, 9.17) is 4.74 Å². The van der Waals surface area contributed by atoms with E-state index < -0.39 is 0 Å². The van der Waals surface area contributed by atoms with Crippen LogP contribution in [-0.2, 0) is 9.53 Å². The van der Waals surface area contributed by atoms with Crippen LogP contribution in [0.3, 0.4) is 0 Å².